The zero-order valence-corrected chi connectivity index (χ0v) is 11.5. The van der Waals surface area contributed by atoms with Gasteiger partial charge in [0, 0.05) is 45.8 Å². The number of piperazine rings is 1. The van der Waals surface area contributed by atoms with Crippen molar-refractivity contribution in [2.24, 2.45) is 5.92 Å². The minimum absolute atomic E-state index is 0.335. The van der Waals surface area contributed by atoms with Crippen molar-refractivity contribution in [1.29, 1.82) is 0 Å². The fraction of sp³-hybridized carbons (Fsp3) is 0.692. The van der Waals surface area contributed by atoms with E-state index in [1.54, 1.807) is 0 Å². The van der Waals surface area contributed by atoms with Gasteiger partial charge in [0.25, 0.3) is 0 Å². The van der Waals surface area contributed by atoms with E-state index in [2.05, 4.69) is 25.1 Å². The van der Waals surface area contributed by atoms with Crippen LogP contribution < -0.4 is 16.0 Å². The molecule has 1 saturated heterocycles. The van der Waals surface area contributed by atoms with Crippen LogP contribution in [0.3, 0.4) is 0 Å². The maximum atomic E-state index is 5.74. The van der Waals surface area contributed by atoms with Gasteiger partial charge in [-0.25, -0.2) is 0 Å². The first-order valence-corrected chi connectivity index (χ1v) is 7.04. The van der Waals surface area contributed by atoms with E-state index >= 15 is 0 Å². The third kappa shape index (κ3) is 3.07. The summed E-state index contributed by atoms with van der Waals surface area (Å²) in [5.74, 6) is 3.02. The van der Waals surface area contributed by atoms with Gasteiger partial charge in [0.1, 0.15) is 11.6 Å². The molecule has 0 bridgehead atoms. The Hall–Kier alpha value is -1.56. The molecular formula is C13H22N6. The molecule has 6 nitrogen and oxygen atoms in total. The molecule has 1 aromatic rings. The van der Waals surface area contributed by atoms with Crippen LogP contribution in [0.15, 0.2) is 6.07 Å². The molecule has 0 radical (unpaired) electrons. The van der Waals surface area contributed by atoms with Crippen molar-refractivity contribution >= 4 is 17.6 Å². The van der Waals surface area contributed by atoms with Crippen molar-refractivity contribution in [3.63, 3.8) is 0 Å². The SMILES string of the molecule is CNc1cc(N2CCN(CC3CC3)CC2)nc(N)n1. The third-order valence-electron chi connectivity index (χ3n) is 3.90. The Labute approximate surface area is 114 Å². The molecule has 3 rings (SSSR count). The Balaban J connectivity index is 1.62. The quantitative estimate of drug-likeness (QED) is 0.829. The molecule has 1 aliphatic carbocycles. The minimum Gasteiger partial charge on any atom is -0.373 e. The summed E-state index contributed by atoms with van der Waals surface area (Å²) >= 11 is 0. The van der Waals surface area contributed by atoms with E-state index in [1.165, 1.54) is 19.4 Å². The molecule has 104 valence electrons. The molecule has 0 aromatic carbocycles. The summed E-state index contributed by atoms with van der Waals surface area (Å²) in [6, 6.07) is 1.97. The van der Waals surface area contributed by atoms with Crippen LogP contribution in [0.5, 0.6) is 0 Å². The van der Waals surface area contributed by atoms with Crippen LogP contribution in [0, 0.1) is 5.92 Å². The lowest BCUT2D eigenvalue weighted by atomic mass is 10.2. The van der Waals surface area contributed by atoms with E-state index in [0.29, 0.717) is 5.95 Å². The Kier molecular flexibility index (Phi) is 3.42. The number of nitrogens with zero attached hydrogens (tertiary/aromatic N) is 4. The number of rotatable bonds is 4. The fourth-order valence-corrected chi connectivity index (χ4v) is 2.57. The summed E-state index contributed by atoms with van der Waals surface area (Å²) < 4.78 is 0. The highest BCUT2D eigenvalue weighted by molar-refractivity contribution is 5.52. The number of hydrogen-bond acceptors (Lipinski definition) is 6. The molecule has 1 aliphatic heterocycles. The summed E-state index contributed by atoms with van der Waals surface area (Å²) in [6.45, 7) is 5.56. The highest BCUT2D eigenvalue weighted by atomic mass is 15.3. The summed E-state index contributed by atoms with van der Waals surface area (Å²) in [4.78, 5) is 13.3. The fourth-order valence-electron chi connectivity index (χ4n) is 2.57. The van der Waals surface area contributed by atoms with Gasteiger partial charge in [-0.2, -0.15) is 9.97 Å². The van der Waals surface area contributed by atoms with Crippen LogP contribution in [0.2, 0.25) is 0 Å². The van der Waals surface area contributed by atoms with E-state index in [1.807, 2.05) is 13.1 Å². The molecule has 0 amide bonds. The van der Waals surface area contributed by atoms with Gasteiger partial charge in [0.2, 0.25) is 5.95 Å². The summed E-state index contributed by atoms with van der Waals surface area (Å²) in [5.41, 5.74) is 5.74. The number of aromatic nitrogens is 2. The standard InChI is InChI=1S/C13H22N6/c1-15-11-8-12(17-13(14)16-11)19-6-4-18(5-7-19)9-10-2-3-10/h8,10H,2-7,9H2,1H3,(H3,14,15,16,17). The summed E-state index contributed by atoms with van der Waals surface area (Å²) in [7, 11) is 1.85. The summed E-state index contributed by atoms with van der Waals surface area (Å²) in [6.07, 6.45) is 2.85. The second-order valence-electron chi connectivity index (χ2n) is 5.45. The number of nitrogens with two attached hydrogens (primary N) is 1. The molecule has 2 aliphatic rings. The first kappa shape index (κ1) is 12.5. The van der Waals surface area contributed by atoms with Gasteiger partial charge >= 0.3 is 0 Å². The van der Waals surface area contributed by atoms with Gasteiger partial charge < -0.3 is 16.0 Å². The zero-order valence-electron chi connectivity index (χ0n) is 11.5. The highest BCUT2D eigenvalue weighted by Crippen LogP contribution is 2.30. The van der Waals surface area contributed by atoms with Crippen molar-refractivity contribution in [3.8, 4) is 0 Å². The molecule has 2 heterocycles. The van der Waals surface area contributed by atoms with E-state index in [9.17, 15) is 0 Å². The predicted molar refractivity (Wildman–Crippen MR) is 77.4 cm³/mol. The molecule has 6 heteroatoms. The molecule has 2 fully saturated rings. The average Bonchev–Trinajstić information content (AvgIpc) is 3.23. The Morgan fingerprint density at radius 3 is 2.63 bits per heavy atom. The maximum Gasteiger partial charge on any atom is 0.223 e. The molecule has 0 atom stereocenters. The lowest BCUT2D eigenvalue weighted by molar-refractivity contribution is 0.247. The summed E-state index contributed by atoms with van der Waals surface area (Å²) in [5, 5.41) is 3.02. The largest absolute Gasteiger partial charge is 0.373 e. The van der Waals surface area contributed by atoms with Gasteiger partial charge in [-0.15, -0.1) is 0 Å². The second-order valence-corrected chi connectivity index (χ2v) is 5.45. The van der Waals surface area contributed by atoms with Crippen molar-refractivity contribution in [2.45, 2.75) is 12.8 Å². The van der Waals surface area contributed by atoms with Crippen LogP contribution in [-0.4, -0.2) is 54.6 Å². The van der Waals surface area contributed by atoms with Crippen LogP contribution in [0.1, 0.15) is 12.8 Å². The molecule has 19 heavy (non-hydrogen) atoms. The van der Waals surface area contributed by atoms with Crippen molar-refractivity contribution in [1.82, 2.24) is 14.9 Å². The van der Waals surface area contributed by atoms with E-state index in [-0.39, 0.29) is 0 Å². The maximum absolute atomic E-state index is 5.74. The van der Waals surface area contributed by atoms with Crippen LogP contribution in [-0.2, 0) is 0 Å². The first-order valence-electron chi connectivity index (χ1n) is 7.04. The third-order valence-corrected chi connectivity index (χ3v) is 3.90. The lowest BCUT2D eigenvalue weighted by Gasteiger charge is -2.35. The molecule has 0 unspecified atom stereocenters. The van der Waals surface area contributed by atoms with E-state index < -0.39 is 0 Å². The van der Waals surface area contributed by atoms with Crippen molar-refractivity contribution in [2.75, 3.05) is 55.7 Å². The Morgan fingerprint density at radius 2 is 2.00 bits per heavy atom. The van der Waals surface area contributed by atoms with Crippen LogP contribution in [0.4, 0.5) is 17.6 Å². The zero-order chi connectivity index (χ0) is 13.2. The predicted octanol–water partition coefficient (Wildman–Crippen LogP) is 0.633. The normalized spacial score (nSPS) is 20.6. The van der Waals surface area contributed by atoms with E-state index in [0.717, 1.165) is 43.7 Å². The van der Waals surface area contributed by atoms with Gasteiger partial charge in [-0.3, -0.25) is 4.90 Å². The van der Waals surface area contributed by atoms with Gasteiger partial charge in [0.15, 0.2) is 0 Å². The number of hydrogen-bond donors (Lipinski definition) is 2. The minimum atomic E-state index is 0.335. The van der Waals surface area contributed by atoms with Crippen LogP contribution in [0.25, 0.3) is 0 Å². The first-order chi connectivity index (χ1) is 9.24. The lowest BCUT2D eigenvalue weighted by Crippen LogP contribution is -2.47. The second kappa shape index (κ2) is 5.21. The van der Waals surface area contributed by atoms with Gasteiger partial charge in [0.05, 0.1) is 0 Å². The monoisotopic (exact) mass is 262 g/mol. The topological polar surface area (TPSA) is 70.3 Å². The number of anilines is 3. The molecule has 1 aromatic heterocycles. The van der Waals surface area contributed by atoms with Crippen molar-refractivity contribution in [3.05, 3.63) is 6.07 Å². The van der Waals surface area contributed by atoms with Crippen LogP contribution >= 0.6 is 0 Å². The average molecular weight is 262 g/mol. The molecule has 3 N–H and O–H groups in total. The Morgan fingerprint density at radius 1 is 1.26 bits per heavy atom. The molecule has 1 saturated carbocycles. The highest BCUT2D eigenvalue weighted by Gasteiger charge is 2.26. The smallest absolute Gasteiger partial charge is 0.223 e. The van der Waals surface area contributed by atoms with Crippen molar-refractivity contribution < 1.29 is 0 Å². The molecular weight excluding hydrogens is 240 g/mol. The number of nitrogens with one attached hydrogen (secondary N) is 1. The van der Waals surface area contributed by atoms with E-state index in [4.69, 9.17) is 5.73 Å². The molecule has 0 spiro atoms. The van der Waals surface area contributed by atoms with Gasteiger partial charge in [-0.1, -0.05) is 0 Å². The number of nitrogen functional groups attached to an aromatic ring is 1. The Bertz CT molecular complexity index is 437. The van der Waals surface area contributed by atoms with Gasteiger partial charge in [-0.05, 0) is 18.8 Å².